The number of nitrogens with zero attached hydrogens (tertiary/aromatic N) is 3. The number of hydrogen-bond acceptors (Lipinski definition) is 7. The number of rotatable bonds is 5. The fourth-order valence-corrected chi connectivity index (χ4v) is 4.86. The van der Waals surface area contributed by atoms with E-state index in [0.717, 1.165) is 66.4 Å². The Labute approximate surface area is 188 Å². The molecule has 2 N–H and O–H groups in total. The van der Waals surface area contributed by atoms with Gasteiger partial charge in [0.05, 0.1) is 18.3 Å². The largest absolute Gasteiger partial charge is 0.483 e. The summed E-state index contributed by atoms with van der Waals surface area (Å²) in [6, 6.07) is 6.06. The highest BCUT2D eigenvalue weighted by molar-refractivity contribution is 5.78. The van der Waals surface area contributed by atoms with Crippen molar-refractivity contribution in [3.63, 3.8) is 0 Å². The lowest BCUT2D eigenvalue weighted by atomic mass is 10.0. The number of carbonyl (C=O) groups is 1. The van der Waals surface area contributed by atoms with Crippen molar-refractivity contribution in [2.75, 3.05) is 32.1 Å². The Morgan fingerprint density at radius 3 is 3.03 bits per heavy atom. The fraction of sp³-hybridized carbons (Fsp3) is 0.542. The average Bonchev–Trinajstić information content (AvgIpc) is 3.43. The number of anilines is 1. The van der Waals surface area contributed by atoms with Gasteiger partial charge in [-0.25, -0.2) is 9.97 Å². The zero-order valence-corrected chi connectivity index (χ0v) is 19.0. The number of benzene rings is 1. The van der Waals surface area contributed by atoms with Crippen LogP contribution in [0.5, 0.6) is 11.5 Å². The van der Waals surface area contributed by atoms with Crippen LogP contribution in [0.25, 0.3) is 0 Å². The highest BCUT2D eigenvalue weighted by atomic mass is 16.5. The molecule has 3 aliphatic rings. The van der Waals surface area contributed by atoms with E-state index in [1.165, 1.54) is 0 Å². The Morgan fingerprint density at radius 1 is 1.38 bits per heavy atom. The summed E-state index contributed by atoms with van der Waals surface area (Å²) in [5, 5.41) is 6.68. The summed E-state index contributed by atoms with van der Waals surface area (Å²) in [5.74, 6) is 3.04. The lowest BCUT2D eigenvalue weighted by Gasteiger charge is -2.30. The van der Waals surface area contributed by atoms with Crippen molar-refractivity contribution < 1.29 is 14.3 Å². The summed E-state index contributed by atoms with van der Waals surface area (Å²) < 4.78 is 12.0. The molecule has 0 radical (unpaired) electrons. The summed E-state index contributed by atoms with van der Waals surface area (Å²) in [6.07, 6.45) is 3.74. The normalized spacial score (nSPS) is 21.0. The molecule has 8 heteroatoms. The van der Waals surface area contributed by atoms with Crippen molar-refractivity contribution in [2.45, 2.75) is 57.7 Å². The number of hydrogen-bond donors (Lipinski definition) is 2. The van der Waals surface area contributed by atoms with E-state index >= 15 is 0 Å². The van der Waals surface area contributed by atoms with Gasteiger partial charge in [0.25, 0.3) is 5.91 Å². The van der Waals surface area contributed by atoms with E-state index in [2.05, 4.69) is 30.5 Å². The van der Waals surface area contributed by atoms with Crippen LogP contribution >= 0.6 is 0 Å². The van der Waals surface area contributed by atoms with Crippen molar-refractivity contribution in [3.8, 4) is 11.5 Å². The second-order valence-corrected chi connectivity index (χ2v) is 9.39. The summed E-state index contributed by atoms with van der Waals surface area (Å²) in [5.41, 5.74) is 2.91. The van der Waals surface area contributed by atoms with Crippen LogP contribution in [0.15, 0.2) is 18.2 Å². The number of nitrogens with one attached hydrogen (secondary N) is 2. The maximum Gasteiger partial charge on any atom is 0.260 e. The standard InChI is InChI=1S/C24H31N5O3/c1-24(2)12-15-6-4-8-19(21(15)32-24)31-14-20(30)29-11-9-16-18(13-29)27-23(28-22(16)25-3)17-7-5-10-26-17/h4,6,8,17,26H,5,7,9-14H2,1-3H3,(H,25,27,28). The van der Waals surface area contributed by atoms with Gasteiger partial charge < -0.3 is 25.0 Å². The van der Waals surface area contributed by atoms with Gasteiger partial charge in [0.1, 0.15) is 17.2 Å². The lowest BCUT2D eigenvalue weighted by Crippen LogP contribution is -2.40. The quantitative estimate of drug-likeness (QED) is 0.743. The van der Waals surface area contributed by atoms with Gasteiger partial charge in [0.15, 0.2) is 18.1 Å². The first-order valence-corrected chi connectivity index (χ1v) is 11.5. The predicted octanol–water partition coefficient (Wildman–Crippen LogP) is 2.62. The second-order valence-electron chi connectivity index (χ2n) is 9.39. The van der Waals surface area contributed by atoms with E-state index in [-0.39, 0.29) is 24.2 Å². The maximum absolute atomic E-state index is 13.0. The molecule has 1 fully saturated rings. The molecule has 1 unspecified atom stereocenters. The Kier molecular flexibility index (Phi) is 5.41. The Bertz CT molecular complexity index is 1030. The van der Waals surface area contributed by atoms with E-state index in [1.807, 2.05) is 24.1 Å². The minimum absolute atomic E-state index is 0.0173. The third kappa shape index (κ3) is 3.99. The van der Waals surface area contributed by atoms with Crippen LogP contribution in [0.4, 0.5) is 5.82 Å². The summed E-state index contributed by atoms with van der Waals surface area (Å²) in [4.78, 5) is 24.4. The van der Waals surface area contributed by atoms with Crippen LogP contribution in [0.2, 0.25) is 0 Å². The molecule has 4 heterocycles. The monoisotopic (exact) mass is 437 g/mol. The minimum Gasteiger partial charge on any atom is -0.483 e. The molecule has 0 aliphatic carbocycles. The molecule has 0 saturated carbocycles. The van der Waals surface area contributed by atoms with Crippen LogP contribution in [0, 0.1) is 0 Å². The predicted molar refractivity (Wildman–Crippen MR) is 121 cm³/mol. The zero-order chi connectivity index (χ0) is 22.3. The Morgan fingerprint density at radius 2 is 2.25 bits per heavy atom. The van der Waals surface area contributed by atoms with Gasteiger partial charge in [-0.3, -0.25) is 4.79 Å². The van der Waals surface area contributed by atoms with Gasteiger partial charge >= 0.3 is 0 Å². The molecular weight excluding hydrogens is 406 g/mol. The molecule has 5 rings (SSSR count). The number of amides is 1. The molecule has 0 spiro atoms. The number of aromatic nitrogens is 2. The number of para-hydroxylation sites is 1. The van der Waals surface area contributed by atoms with E-state index in [1.54, 1.807) is 0 Å². The van der Waals surface area contributed by atoms with Crippen LogP contribution < -0.4 is 20.1 Å². The van der Waals surface area contributed by atoms with Gasteiger partial charge in [-0.2, -0.15) is 0 Å². The number of carbonyl (C=O) groups excluding carboxylic acids is 1. The molecule has 170 valence electrons. The van der Waals surface area contributed by atoms with Crippen molar-refractivity contribution in [1.29, 1.82) is 0 Å². The second kappa shape index (κ2) is 8.24. The van der Waals surface area contributed by atoms with Crippen LogP contribution in [0.1, 0.15) is 55.4 Å². The highest BCUT2D eigenvalue weighted by Crippen LogP contribution is 2.41. The van der Waals surface area contributed by atoms with Crippen molar-refractivity contribution in [2.24, 2.45) is 0 Å². The third-order valence-electron chi connectivity index (χ3n) is 6.45. The first-order valence-electron chi connectivity index (χ1n) is 11.5. The van der Waals surface area contributed by atoms with Crippen molar-refractivity contribution >= 4 is 11.7 Å². The first-order chi connectivity index (χ1) is 15.4. The van der Waals surface area contributed by atoms with E-state index < -0.39 is 0 Å². The van der Waals surface area contributed by atoms with Crippen LogP contribution in [-0.2, 0) is 24.2 Å². The van der Waals surface area contributed by atoms with E-state index in [9.17, 15) is 4.79 Å². The zero-order valence-electron chi connectivity index (χ0n) is 19.0. The molecule has 0 bridgehead atoms. The van der Waals surface area contributed by atoms with Gasteiger partial charge in [0.2, 0.25) is 0 Å². The van der Waals surface area contributed by atoms with E-state index in [4.69, 9.17) is 19.4 Å². The molecule has 1 aromatic heterocycles. The summed E-state index contributed by atoms with van der Waals surface area (Å²) in [7, 11) is 1.89. The van der Waals surface area contributed by atoms with E-state index in [0.29, 0.717) is 18.8 Å². The highest BCUT2D eigenvalue weighted by Gasteiger charge is 2.33. The topological polar surface area (TPSA) is 88.6 Å². The average molecular weight is 438 g/mol. The molecule has 8 nitrogen and oxygen atoms in total. The molecular formula is C24H31N5O3. The van der Waals surface area contributed by atoms with Crippen molar-refractivity contribution in [1.82, 2.24) is 20.2 Å². The number of ether oxygens (including phenoxy) is 2. The van der Waals surface area contributed by atoms with Gasteiger partial charge in [0, 0.05) is 31.1 Å². The molecule has 3 aliphatic heterocycles. The Hall–Kier alpha value is -2.87. The first kappa shape index (κ1) is 21.0. The Balaban J connectivity index is 1.28. The van der Waals surface area contributed by atoms with Crippen LogP contribution in [0.3, 0.4) is 0 Å². The molecule has 1 amide bonds. The molecule has 2 aromatic rings. The van der Waals surface area contributed by atoms with Crippen LogP contribution in [-0.4, -0.2) is 53.1 Å². The summed E-state index contributed by atoms with van der Waals surface area (Å²) >= 11 is 0. The molecule has 1 aromatic carbocycles. The molecule has 1 atom stereocenters. The van der Waals surface area contributed by atoms with Gasteiger partial charge in [-0.15, -0.1) is 0 Å². The molecule has 32 heavy (non-hydrogen) atoms. The minimum atomic E-state index is -0.251. The smallest absolute Gasteiger partial charge is 0.260 e. The fourth-order valence-electron chi connectivity index (χ4n) is 4.86. The SMILES string of the molecule is CNc1nc(C2CCCN2)nc2c1CCN(C(=O)COc1cccc3c1OC(C)(C)C3)C2. The molecule has 1 saturated heterocycles. The van der Waals surface area contributed by atoms with Crippen molar-refractivity contribution in [3.05, 3.63) is 40.8 Å². The maximum atomic E-state index is 13.0. The van der Waals surface area contributed by atoms with Gasteiger partial charge in [-0.1, -0.05) is 12.1 Å². The summed E-state index contributed by atoms with van der Waals surface area (Å²) in [6.45, 7) is 6.20. The lowest BCUT2D eigenvalue weighted by molar-refractivity contribution is -0.134. The number of fused-ring (bicyclic) bond motifs is 2. The van der Waals surface area contributed by atoms with Gasteiger partial charge in [-0.05, 0) is 45.7 Å². The third-order valence-corrected chi connectivity index (χ3v) is 6.45.